The molecule has 108 valence electrons. The molecule has 0 radical (unpaired) electrons. The van der Waals surface area contributed by atoms with Gasteiger partial charge >= 0.3 is 0 Å². The molecule has 0 saturated heterocycles. The van der Waals surface area contributed by atoms with E-state index in [0.717, 1.165) is 18.4 Å². The number of ether oxygens (including phenoxy) is 2. The van der Waals surface area contributed by atoms with Crippen LogP contribution >= 0.6 is 0 Å². The summed E-state index contributed by atoms with van der Waals surface area (Å²) in [5.74, 6) is -0.0907. The van der Waals surface area contributed by atoms with Crippen molar-refractivity contribution in [2.24, 2.45) is 0 Å². The Labute approximate surface area is 115 Å². The molecule has 0 spiro atoms. The van der Waals surface area contributed by atoms with E-state index in [-0.39, 0.29) is 23.2 Å². The van der Waals surface area contributed by atoms with Crippen molar-refractivity contribution in [1.29, 1.82) is 0 Å². The first-order valence-corrected chi connectivity index (χ1v) is 6.64. The molecule has 19 heavy (non-hydrogen) atoms. The quantitative estimate of drug-likeness (QED) is 0.824. The second-order valence-corrected chi connectivity index (χ2v) is 4.59. The molecule has 0 saturated carbocycles. The summed E-state index contributed by atoms with van der Waals surface area (Å²) < 4.78 is 24.5. The molecule has 1 atom stereocenters. The van der Waals surface area contributed by atoms with Crippen molar-refractivity contribution in [3.05, 3.63) is 29.6 Å². The maximum Gasteiger partial charge on any atom is 0.165 e. The summed E-state index contributed by atoms with van der Waals surface area (Å²) in [7, 11) is 5.04. The van der Waals surface area contributed by atoms with E-state index in [1.807, 2.05) is 13.1 Å². The van der Waals surface area contributed by atoms with Gasteiger partial charge in [0.25, 0.3) is 0 Å². The Bertz CT molecular complexity index is 397. The highest BCUT2D eigenvalue weighted by molar-refractivity contribution is 5.32. The first kappa shape index (κ1) is 15.9. The van der Waals surface area contributed by atoms with Gasteiger partial charge in [0.1, 0.15) is 0 Å². The van der Waals surface area contributed by atoms with E-state index in [1.54, 1.807) is 13.2 Å². The highest BCUT2D eigenvalue weighted by atomic mass is 19.1. The molecule has 1 aromatic rings. The lowest BCUT2D eigenvalue weighted by Crippen LogP contribution is -2.43. The molecule has 4 heteroatoms. The van der Waals surface area contributed by atoms with Crippen LogP contribution in [0.3, 0.4) is 0 Å². The van der Waals surface area contributed by atoms with Crippen LogP contribution in [0.5, 0.6) is 5.75 Å². The SMILES string of the molecule is CCC(CC)(OC)C(NC)c1ccc(OC)c(F)c1. The third-order valence-corrected chi connectivity index (χ3v) is 3.93. The molecular weight excluding hydrogens is 245 g/mol. The molecule has 1 rings (SSSR count). The van der Waals surface area contributed by atoms with Crippen LogP contribution in [0.2, 0.25) is 0 Å². The zero-order chi connectivity index (χ0) is 14.5. The van der Waals surface area contributed by atoms with E-state index in [2.05, 4.69) is 19.2 Å². The predicted octanol–water partition coefficient (Wildman–Crippen LogP) is 3.30. The molecule has 1 aromatic carbocycles. The van der Waals surface area contributed by atoms with Gasteiger partial charge in [-0.3, -0.25) is 0 Å². The summed E-state index contributed by atoms with van der Waals surface area (Å²) in [5, 5.41) is 3.24. The number of rotatable bonds is 7. The Balaban J connectivity index is 3.19. The second-order valence-electron chi connectivity index (χ2n) is 4.59. The number of nitrogens with one attached hydrogen (secondary N) is 1. The van der Waals surface area contributed by atoms with Crippen LogP contribution < -0.4 is 10.1 Å². The van der Waals surface area contributed by atoms with Crippen molar-refractivity contribution in [1.82, 2.24) is 5.32 Å². The van der Waals surface area contributed by atoms with Crippen molar-refractivity contribution in [3.8, 4) is 5.75 Å². The molecule has 0 amide bonds. The van der Waals surface area contributed by atoms with Crippen molar-refractivity contribution in [3.63, 3.8) is 0 Å². The van der Waals surface area contributed by atoms with E-state index < -0.39 is 0 Å². The Hall–Kier alpha value is -1.13. The topological polar surface area (TPSA) is 30.5 Å². The normalized spacial score (nSPS) is 13.4. The van der Waals surface area contributed by atoms with Gasteiger partial charge in [-0.05, 0) is 37.6 Å². The smallest absolute Gasteiger partial charge is 0.165 e. The van der Waals surface area contributed by atoms with Crippen LogP contribution in [0.1, 0.15) is 38.3 Å². The summed E-state index contributed by atoms with van der Waals surface area (Å²) in [6.07, 6.45) is 1.69. The number of hydrogen-bond acceptors (Lipinski definition) is 3. The maximum atomic E-state index is 13.9. The average molecular weight is 269 g/mol. The van der Waals surface area contributed by atoms with Crippen molar-refractivity contribution in [2.45, 2.75) is 38.3 Å². The summed E-state index contributed by atoms with van der Waals surface area (Å²) in [4.78, 5) is 0. The van der Waals surface area contributed by atoms with E-state index >= 15 is 0 Å². The van der Waals surface area contributed by atoms with Gasteiger partial charge in [0, 0.05) is 7.11 Å². The summed E-state index contributed by atoms with van der Waals surface area (Å²) in [6.45, 7) is 4.16. The van der Waals surface area contributed by atoms with E-state index in [1.165, 1.54) is 13.2 Å². The fourth-order valence-corrected chi connectivity index (χ4v) is 2.66. The molecule has 0 aliphatic rings. The molecular formula is C15H24FNO2. The van der Waals surface area contributed by atoms with Gasteiger partial charge in [-0.25, -0.2) is 4.39 Å². The molecule has 0 heterocycles. The average Bonchev–Trinajstić information content (AvgIpc) is 2.45. The second kappa shape index (κ2) is 6.87. The lowest BCUT2D eigenvalue weighted by Gasteiger charge is -2.38. The Kier molecular flexibility index (Phi) is 5.76. The summed E-state index contributed by atoms with van der Waals surface area (Å²) >= 11 is 0. The van der Waals surface area contributed by atoms with Crippen molar-refractivity contribution < 1.29 is 13.9 Å². The van der Waals surface area contributed by atoms with Crippen LogP contribution in [-0.2, 0) is 4.74 Å². The number of methoxy groups -OCH3 is 2. The van der Waals surface area contributed by atoms with Crippen LogP contribution in [0.4, 0.5) is 4.39 Å². The van der Waals surface area contributed by atoms with E-state index in [0.29, 0.717) is 0 Å². The van der Waals surface area contributed by atoms with Crippen LogP contribution in [0.15, 0.2) is 18.2 Å². The van der Waals surface area contributed by atoms with Gasteiger partial charge in [0.15, 0.2) is 11.6 Å². The first-order valence-electron chi connectivity index (χ1n) is 6.64. The molecule has 0 aliphatic heterocycles. The van der Waals surface area contributed by atoms with Gasteiger partial charge in [-0.2, -0.15) is 0 Å². The molecule has 1 N–H and O–H groups in total. The van der Waals surface area contributed by atoms with Crippen molar-refractivity contribution in [2.75, 3.05) is 21.3 Å². The minimum atomic E-state index is -0.350. The number of likely N-dealkylation sites (N-methyl/N-ethyl adjacent to an activating group) is 1. The van der Waals surface area contributed by atoms with Crippen molar-refractivity contribution >= 4 is 0 Å². The van der Waals surface area contributed by atoms with Gasteiger partial charge in [0.05, 0.1) is 18.8 Å². The molecule has 0 aliphatic carbocycles. The standard InChI is InChI=1S/C15H24FNO2/c1-6-15(7-2,19-5)14(17-3)11-8-9-13(18-4)12(16)10-11/h8-10,14,17H,6-7H2,1-5H3. The summed E-state index contributed by atoms with van der Waals surface area (Å²) in [6, 6.07) is 4.98. The van der Waals surface area contributed by atoms with Gasteiger partial charge < -0.3 is 14.8 Å². The van der Waals surface area contributed by atoms with Crippen LogP contribution in [0.25, 0.3) is 0 Å². The zero-order valence-electron chi connectivity index (χ0n) is 12.4. The largest absolute Gasteiger partial charge is 0.494 e. The highest BCUT2D eigenvalue weighted by Crippen LogP contribution is 2.35. The van der Waals surface area contributed by atoms with E-state index in [9.17, 15) is 4.39 Å². The number of hydrogen-bond donors (Lipinski definition) is 1. The van der Waals surface area contributed by atoms with E-state index in [4.69, 9.17) is 9.47 Å². The number of benzene rings is 1. The molecule has 0 fully saturated rings. The Morgan fingerprint density at radius 2 is 1.89 bits per heavy atom. The van der Waals surface area contributed by atoms with Gasteiger partial charge in [-0.1, -0.05) is 19.9 Å². The maximum absolute atomic E-state index is 13.9. The fourth-order valence-electron chi connectivity index (χ4n) is 2.66. The Morgan fingerprint density at radius 1 is 1.26 bits per heavy atom. The minimum Gasteiger partial charge on any atom is -0.494 e. The lowest BCUT2D eigenvalue weighted by molar-refractivity contribution is -0.0468. The third kappa shape index (κ3) is 3.07. The Morgan fingerprint density at radius 3 is 2.26 bits per heavy atom. The summed E-state index contributed by atoms with van der Waals surface area (Å²) in [5.41, 5.74) is 0.529. The highest BCUT2D eigenvalue weighted by Gasteiger charge is 2.36. The molecule has 3 nitrogen and oxygen atoms in total. The zero-order valence-corrected chi connectivity index (χ0v) is 12.4. The van der Waals surface area contributed by atoms with Gasteiger partial charge in [-0.15, -0.1) is 0 Å². The molecule has 1 unspecified atom stereocenters. The third-order valence-electron chi connectivity index (χ3n) is 3.93. The van der Waals surface area contributed by atoms with Gasteiger partial charge in [0.2, 0.25) is 0 Å². The lowest BCUT2D eigenvalue weighted by atomic mass is 9.84. The predicted molar refractivity (Wildman–Crippen MR) is 75.1 cm³/mol. The monoisotopic (exact) mass is 269 g/mol. The fraction of sp³-hybridized carbons (Fsp3) is 0.600. The minimum absolute atomic E-state index is 0.0621. The first-order chi connectivity index (χ1) is 9.08. The van der Waals surface area contributed by atoms with Crippen LogP contribution in [-0.4, -0.2) is 26.9 Å². The number of halogens is 1. The van der Waals surface area contributed by atoms with Crippen LogP contribution in [0, 0.1) is 5.82 Å². The molecule has 0 aromatic heterocycles. The molecule has 0 bridgehead atoms.